The second-order valence-electron chi connectivity index (χ2n) is 11.2. The van der Waals surface area contributed by atoms with Crippen LogP contribution in [0, 0.1) is 5.41 Å². The minimum atomic E-state index is -3.32. The smallest absolute Gasteiger partial charge is 0.407 e. The monoisotopic (exact) mass is 711 g/mol. The van der Waals surface area contributed by atoms with Gasteiger partial charge in [0.25, 0.3) is 5.91 Å². The van der Waals surface area contributed by atoms with Gasteiger partial charge in [-0.1, -0.05) is 96.2 Å². The highest BCUT2D eigenvalue weighted by Gasteiger charge is 2.57. The highest BCUT2D eigenvalue weighted by atomic mass is 35.5. The van der Waals surface area contributed by atoms with Crippen molar-refractivity contribution < 1.29 is 33.1 Å². The van der Waals surface area contributed by atoms with E-state index in [1.165, 1.54) is 22.0 Å². The number of benzene rings is 3. The van der Waals surface area contributed by atoms with Gasteiger partial charge >= 0.3 is 12.6 Å². The summed E-state index contributed by atoms with van der Waals surface area (Å²) in [5, 5.41) is 20.5. The predicted molar refractivity (Wildman–Crippen MR) is 179 cm³/mol. The Labute approximate surface area is 287 Å². The number of carboxylic acid groups (broad SMARTS) is 1. The number of hydrogen-bond acceptors (Lipinski definition) is 9. The maximum Gasteiger partial charge on any atom is 0.407 e. The van der Waals surface area contributed by atoms with Gasteiger partial charge in [-0.2, -0.15) is 8.78 Å². The largest absolute Gasteiger partial charge is 0.481 e. The van der Waals surface area contributed by atoms with Crippen molar-refractivity contribution in [3.05, 3.63) is 119 Å². The van der Waals surface area contributed by atoms with Crippen molar-refractivity contribution in [2.75, 3.05) is 23.5 Å². The van der Waals surface area contributed by atoms with Gasteiger partial charge in [0.1, 0.15) is 28.1 Å². The number of oxime groups is 1. The van der Waals surface area contributed by atoms with Crippen LogP contribution in [0.25, 0.3) is 0 Å². The van der Waals surface area contributed by atoms with Crippen LogP contribution in [0.2, 0.25) is 0 Å². The number of nitrogens with one attached hydrogen (secondary N) is 2. The average Bonchev–Trinajstić information content (AvgIpc) is 3.58. The van der Waals surface area contributed by atoms with Crippen molar-refractivity contribution in [3.8, 4) is 0 Å². The Hall–Kier alpha value is -4.53. The Morgan fingerprint density at radius 2 is 1.60 bits per heavy atom. The van der Waals surface area contributed by atoms with Crippen LogP contribution in [0.4, 0.5) is 13.9 Å². The van der Waals surface area contributed by atoms with Crippen molar-refractivity contribution in [1.82, 2.24) is 15.2 Å². The molecular weight excluding hydrogens is 684 g/mol. The van der Waals surface area contributed by atoms with Gasteiger partial charge in [-0.05, 0) is 16.7 Å². The first-order chi connectivity index (χ1) is 23.2. The van der Waals surface area contributed by atoms with Crippen LogP contribution >= 0.6 is 34.7 Å². The number of rotatable bonds is 12. The SMILES string of the molecule is O=C(NC1C(=O)N2CC(CCl)(C(=O)O)CS[C@H]12)C(=NOC(F)F)c1csc(NC(c2ccccc2)(c2ccccc2)c2ccccc2)n1. The number of aliphatic carboxylic acids is 1. The van der Waals surface area contributed by atoms with Crippen LogP contribution in [0.1, 0.15) is 22.4 Å². The van der Waals surface area contributed by atoms with E-state index in [1.807, 2.05) is 91.0 Å². The van der Waals surface area contributed by atoms with Gasteiger partial charge in [0.05, 0.1) is 0 Å². The van der Waals surface area contributed by atoms with Gasteiger partial charge in [0.15, 0.2) is 10.8 Å². The molecule has 2 fully saturated rings. The Morgan fingerprint density at radius 1 is 1.04 bits per heavy atom. The lowest BCUT2D eigenvalue weighted by Gasteiger charge is -2.53. The fourth-order valence-electron chi connectivity index (χ4n) is 5.78. The number of anilines is 1. The first-order valence-electron chi connectivity index (χ1n) is 14.6. The van der Waals surface area contributed by atoms with E-state index < -0.39 is 52.5 Å². The number of β-lactam (4-membered cyclic amide) rings is 1. The molecule has 0 bridgehead atoms. The van der Waals surface area contributed by atoms with Crippen molar-refractivity contribution in [3.63, 3.8) is 0 Å². The molecule has 2 amide bonds. The fraction of sp³-hybridized carbons (Fsp3) is 0.242. The molecule has 2 unspecified atom stereocenters. The summed E-state index contributed by atoms with van der Waals surface area (Å²) in [6.07, 6.45) is 0. The van der Waals surface area contributed by atoms with Crippen molar-refractivity contribution in [2.45, 2.75) is 23.6 Å². The maximum absolute atomic E-state index is 13.5. The molecule has 2 aliphatic heterocycles. The normalized spacial score (nSPS) is 20.9. The van der Waals surface area contributed by atoms with Crippen LogP contribution < -0.4 is 10.6 Å². The fourth-order valence-corrected chi connectivity index (χ4v) is 8.48. The van der Waals surface area contributed by atoms with Crippen LogP contribution in [0.3, 0.4) is 0 Å². The summed E-state index contributed by atoms with van der Waals surface area (Å²) in [6, 6.07) is 28.1. The summed E-state index contributed by atoms with van der Waals surface area (Å²) in [5.41, 5.74) is -0.203. The molecule has 2 saturated heterocycles. The summed E-state index contributed by atoms with van der Waals surface area (Å²) in [5.74, 6) is -2.67. The average molecular weight is 712 g/mol. The molecule has 3 aromatic carbocycles. The molecule has 3 atom stereocenters. The molecule has 4 aromatic rings. The Kier molecular flexibility index (Phi) is 9.67. The zero-order valence-corrected chi connectivity index (χ0v) is 27.4. The van der Waals surface area contributed by atoms with Gasteiger partial charge in [-0.3, -0.25) is 14.4 Å². The molecule has 0 aliphatic carbocycles. The quantitative estimate of drug-likeness (QED) is 0.0601. The molecule has 2 aliphatic rings. The molecule has 48 heavy (non-hydrogen) atoms. The molecule has 0 radical (unpaired) electrons. The lowest BCUT2D eigenvalue weighted by Crippen LogP contribution is -2.74. The third kappa shape index (κ3) is 6.22. The first kappa shape index (κ1) is 33.4. The lowest BCUT2D eigenvalue weighted by molar-refractivity contribution is -0.157. The predicted octanol–water partition coefficient (Wildman–Crippen LogP) is 5.20. The maximum atomic E-state index is 13.5. The number of nitrogens with zero attached hydrogens (tertiary/aromatic N) is 3. The van der Waals surface area contributed by atoms with Crippen LogP contribution in [-0.2, 0) is 24.8 Å². The van der Waals surface area contributed by atoms with Crippen molar-refractivity contribution >= 4 is 63.3 Å². The zero-order chi connectivity index (χ0) is 33.9. The molecule has 0 saturated carbocycles. The first-order valence-corrected chi connectivity index (χ1v) is 17.1. The topological polar surface area (TPSA) is 133 Å². The molecule has 3 heterocycles. The van der Waals surface area contributed by atoms with Gasteiger partial charge in [-0.25, -0.2) is 4.98 Å². The van der Waals surface area contributed by atoms with E-state index in [2.05, 4.69) is 25.6 Å². The lowest BCUT2D eigenvalue weighted by atomic mass is 9.77. The van der Waals surface area contributed by atoms with Gasteiger partial charge in [0, 0.05) is 23.6 Å². The summed E-state index contributed by atoms with van der Waals surface area (Å²) in [4.78, 5) is 48.5. The number of amides is 2. The molecule has 0 spiro atoms. The second-order valence-corrected chi connectivity index (χ2v) is 13.4. The van der Waals surface area contributed by atoms with Crippen molar-refractivity contribution in [1.29, 1.82) is 0 Å². The minimum absolute atomic E-state index is 0.0595. The van der Waals surface area contributed by atoms with E-state index in [4.69, 9.17) is 11.6 Å². The van der Waals surface area contributed by atoms with Crippen LogP contribution in [-0.4, -0.2) is 74.7 Å². The molecule has 6 rings (SSSR count). The molecule has 3 N–H and O–H groups in total. The third-order valence-corrected chi connectivity index (χ3v) is 11.1. The number of carboxylic acids is 1. The number of carbonyl (C=O) groups excluding carboxylic acids is 2. The summed E-state index contributed by atoms with van der Waals surface area (Å²) in [7, 11) is 0. The van der Waals surface area contributed by atoms with Gasteiger partial charge < -0.3 is 25.5 Å². The van der Waals surface area contributed by atoms with Crippen LogP contribution in [0.5, 0.6) is 0 Å². The Balaban J connectivity index is 1.30. The Morgan fingerprint density at radius 3 is 2.10 bits per heavy atom. The number of hydrogen-bond donors (Lipinski definition) is 3. The van der Waals surface area contributed by atoms with E-state index in [0.717, 1.165) is 28.0 Å². The van der Waals surface area contributed by atoms with E-state index in [9.17, 15) is 28.3 Å². The molecule has 15 heteroatoms. The molecule has 10 nitrogen and oxygen atoms in total. The molecule has 1 aromatic heterocycles. The third-order valence-electron chi connectivity index (χ3n) is 8.24. The van der Waals surface area contributed by atoms with E-state index >= 15 is 0 Å². The minimum Gasteiger partial charge on any atom is -0.481 e. The summed E-state index contributed by atoms with van der Waals surface area (Å²) < 4.78 is 26.3. The van der Waals surface area contributed by atoms with E-state index in [0.29, 0.717) is 5.13 Å². The highest BCUT2D eigenvalue weighted by Crippen LogP contribution is 2.43. The number of aromatic nitrogens is 1. The summed E-state index contributed by atoms with van der Waals surface area (Å²) >= 11 is 8.25. The van der Waals surface area contributed by atoms with E-state index in [1.54, 1.807) is 0 Å². The number of alkyl halides is 3. The molecule has 248 valence electrons. The number of halogens is 3. The van der Waals surface area contributed by atoms with Crippen LogP contribution in [0.15, 0.2) is 102 Å². The highest BCUT2D eigenvalue weighted by molar-refractivity contribution is 8.00. The van der Waals surface area contributed by atoms with Gasteiger partial charge in [0.2, 0.25) is 5.91 Å². The summed E-state index contributed by atoms with van der Waals surface area (Å²) in [6.45, 7) is -3.43. The number of thioether (sulfide) groups is 1. The standard InChI is InChI=1S/C33H28ClF2N5O5S2/c34-17-32(29(44)45)18-41-27(43)25(28(41)48-19-32)38-26(42)24(40-46-30(35)36)23-16-47-31(37-23)39-33(20-10-4-1-5-11-20,21-12-6-2-7-13-21)22-14-8-3-9-15-22/h1-16,25,28,30H,17-19H2,(H,37,39)(H,38,42)(H,44,45)/t25?,28-,32?/m1/s1. The second kappa shape index (κ2) is 13.9. The molecular formula is C33H28ClF2N5O5S2. The number of thiazole rings is 1. The van der Waals surface area contributed by atoms with Gasteiger partial charge in [-0.15, -0.1) is 34.7 Å². The van der Waals surface area contributed by atoms with E-state index in [-0.39, 0.29) is 23.9 Å². The Bertz CT molecular complexity index is 1720. The zero-order valence-electron chi connectivity index (χ0n) is 25.0. The van der Waals surface area contributed by atoms with Crippen molar-refractivity contribution in [2.24, 2.45) is 10.6 Å². The number of fused-ring (bicyclic) bond motifs is 1. The number of carbonyl (C=O) groups is 3.